The Morgan fingerprint density at radius 3 is 2.65 bits per heavy atom. The number of nitrogens with zero attached hydrogens (tertiary/aromatic N) is 4. The van der Waals surface area contributed by atoms with Gasteiger partial charge in [0, 0.05) is 50.6 Å². The average Bonchev–Trinajstić information content (AvgIpc) is 2.68. The molecule has 4 rings (SSSR count). The first-order valence-electron chi connectivity index (χ1n) is 9.68. The molecule has 8 nitrogen and oxygen atoms in total. The molecule has 1 spiro atoms. The maximum Gasteiger partial charge on any atom is 0.490 e. The first-order valence-corrected chi connectivity index (χ1v) is 9.68. The fourth-order valence-corrected chi connectivity index (χ4v) is 3.54. The van der Waals surface area contributed by atoms with Crippen molar-refractivity contribution < 1.29 is 32.5 Å². The Bertz CT molecular complexity index is 876. The molecule has 0 aromatic carbocycles. The van der Waals surface area contributed by atoms with Crippen molar-refractivity contribution in [3.05, 3.63) is 48.0 Å². The summed E-state index contributed by atoms with van der Waals surface area (Å²) in [7, 11) is 0. The molecule has 11 heteroatoms. The summed E-state index contributed by atoms with van der Waals surface area (Å²) < 4.78 is 43.8. The fourth-order valence-electron chi connectivity index (χ4n) is 3.54. The third-order valence-corrected chi connectivity index (χ3v) is 4.87. The average molecular weight is 440 g/mol. The molecule has 0 aliphatic carbocycles. The summed E-state index contributed by atoms with van der Waals surface area (Å²) >= 11 is 0. The maximum atomic E-state index is 10.6. The van der Waals surface area contributed by atoms with Crippen molar-refractivity contribution in [1.29, 1.82) is 0 Å². The van der Waals surface area contributed by atoms with Crippen LogP contribution >= 0.6 is 0 Å². The number of aromatic nitrogens is 3. The zero-order valence-corrected chi connectivity index (χ0v) is 16.9. The van der Waals surface area contributed by atoms with E-state index >= 15 is 0 Å². The molecule has 1 atom stereocenters. The van der Waals surface area contributed by atoms with Crippen molar-refractivity contribution in [3.8, 4) is 6.01 Å². The molecule has 2 fully saturated rings. The van der Waals surface area contributed by atoms with Crippen molar-refractivity contribution in [2.75, 3.05) is 19.7 Å². The maximum absolute atomic E-state index is 10.6. The molecule has 2 aliphatic heterocycles. The van der Waals surface area contributed by atoms with Crippen LogP contribution in [0.1, 0.15) is 24.2 Å². The second kappa shape index (κ2) is 9.56. The van der Waals surface area contributed by atoms with Crippen LogP contribution in [0.3, 0.4) is 0 Å². The number of halogens is 3. The summed E-state index contributed by atoms with van der Waals surface area (Å²) in [5.41, 5.74) is 1.94. The molecule has 4 heterocycles. The minimum absolute atomic E-state index is 0.0818. The molecule has 0 bridgehead atoms. The molecule has 0 radical (unpaired) electrons. The van der Waals surface area contributed by atoms with Gasteiger partial charge in [-0.25, -0.2) is 14.8 Å². The van der Waals surface area contributed by atoms with E-state index in [4.69, 9.17) is 19.4 Å². The molecular weight excluding hydrogens is 417 g/mol. The van der Waals surface area contributed by atoms with Gasteiger partial charge in [0.2, 0.25) is 0 Å². The van der Waals surface area contributed by atoms with Gasteiger partial charge in [-0.15, -0.1) is 0 Å². The van der Waals surface area contributed by atoms with Crippen LogP contribution in [0.4, 0.5) is 13.2 Å². The van der Waals surface area contributed by atoms with Gasteiger partial charge in [-0.2, -0.15) is 13.2 Å². The number of carbonyl (C=O) groups is 1. The highest BCUT2D eigenvalue weighted by Gasteiger charge is 2.48. The van der Waals surface area contributed by atoms with Gasteiger partial charge in [0.25, 0.3) is 0 Å². The van der Waals surface area contributed by atoms with E-state index in [2.05, 4.69) is 25.9 Å². The molecule has 1 unspecified atom stereocenters. The van der Waals surface area contributed by atoms with E-state index in [1.54, 1.807) is 6.20 Å². The number of hydrogen-bond acceptors (Lipinski definition) is 7. The van der Waals surface area contributed by atoms with E-state index < -0.39 is 12.1 Å². The lowest BCUT2D eigenvalue weighted by atomic mass is 9.84. The van der Waals surface area contributed by atoms with E-state index in [9.17, 15) is 13.2 Å². The number of likely N-dealkylation sites (tertiary alicyclic amines) is 1. The Labute approximate surface area is 177 Å². The second-order valence-electron chi connectivity index (χ2n) is 7.51. The van der Waals surface area contributed by atoms with Gasteiger partial charge >= 0.3 is 18.2 Å². The standard InChI is InChI=1S/C18H22N4O2.C2HF3O2/c1-14-5-8-20-17(21-14)24-16-6-9-23-18(10-16)12-22(13-18)11-15-4-2-3-7-19-15;3-2(4,5)1(6)7/h2-5,7-8,16H,6,9-13H2,1H3;(H,6,7). The lowest BCUT2D eigenvalue weighted by molar-refractivity contribution is -0.192. The zero-order chi connectivity index (χ0) is 22.5. The van der Waals surface area contributed by atoms with Crippen LogP contribution in [0, 0.1) is 6.92 Å². The minimum Gasteiger partial charge on any atom is -0.475 e. The summed E-state index contributed by atoms with van der Waals surface area (Å²) in [6, 6.07) is 8.39. The Morgan fingerprint density at radius 2 is 2.03 bits per heavy atom. The van der Waals surface area contributed by atoms with E-state index in [1.165, 1.54) is 0 Å². The predicted octanol–water partition coefficient (Wildman–Crippen LogP) is 2.63. The molecule has 2 aromatic rings. The molecule has 0 amide bonds. The van der Waals surface area contributed by atoms with Crippen LogP contribution in [0.5, 0.6) is 6.01 Å². The molecule has 2 saturated heterocycles. The van der Waals surface area contributed by atoms with E-state index in [1.807, 2.05) is 31.3 Å². The molecule has 0 saturated carbocycles. The highest BCUT2D eigenvalue weighted by molar-refractivity contribution is 5.73. The SMILES string of the molecule is Cc1ccnc(OC2CCOC3(C2)CN(Cc2ccccn2)C3)n1.O=C(O)C(F)(F)F. The van der Waals surface area contributed by atoms with Crippen molar-refractivity contribution in [2.24, 2.45) is 0 Å². The largest absolute Gasteiger partial charge is 0.490 e. The van der Waals surface area contributed by atoms with Gasteiger partial charge in [-0.3, -0.25) is 9.88 Å². The fraction of sp³-hybridized carbons (Fsp3) is 0.500. The summed E-state index contributed by atoms with van der Waals surface area (Å²) in [4.78, 5) is 24.2. The van der Waals surface area contributed by atoms with Crippen molar-refractivity contribution >= 4 is 5.97 Å². The first-order chi connectivity index (χ1) is 14.7. The summed E-state index contributed by atoms with van der Waals surface area (Å²) in [6.45, 7) is 5.41. The highest BCUT2D eigenvalue weighted by atomic mass is 19.4. The van der Waals surface area contributed by atoms with Crippen LogP contribution in [0.2, 0.25) is 0 Å². The predicted molar refractivity (Wildman–Crippen MR) is 102 cm³/mol. The number of carboxylic acids is 1. The zero-order valence-electron chi connectivity index (χ0n) is 16.9. The summed E-state index contributed by atoms with van der Waals surface area (Å²) in [5, 5.41) is 7.12. The summed E-state index contributed by atoms with van der Waals surface area (Å²) in [6.07, 6.45) is 0.401. The first kappa shape index (κ1) is 22.9. The van der Waals surface area contributed by atoms with Crippen molar-refractivity contribution in [3.63, 3.8) is 0 Å². The van der Waals surface area contributed by atoms with Gasteiger partial charge in [0.05, 0.1) is 17.9 Å². The van der Waals surface area contributed by atoms with Gasteiger partial charge in [-0.1, -0.05) is 6.07 Å². The number of ether oxygens (including phenoxy) is 2. The molecule has 168 valence electrons. The number of aliphatic carboxylic acids is 1. The van der Waals surface area contributed by atoms with Crippen LogP contribution in [0.15, 0.2) is 36.7 Å². The number of carboxylic acid groups (broad SMARTS) is 1. The van der Waals surface area contributed by atoms with E-state index in [0.29, 0.717) is 6.01 Å². The topological polar surface area (TPSA) is 97.7 Å². The number of hydrogen-bond donors (Lipinski definition) is 1. The normalized spacial score (nSPS) is 20.3. The van der Waals surface area contributed by atoms with Crippen LogP contribution < -0.4 is 4.74 Å². The van der Waals surface area contributed by atoms with Gasteiger partial charge in [-0.05, 0) is 25.1 Å². The molecule has 1 N–H and O–H groups in total. The second-order valence-corrected chi connectivity index (χ2v) is 7.51. The third kappa shape index (κ3) is 6.59. The Balaban J connectivity index is 0.000000339. The number of alkyl halides is 3. The third-order valence-electron chi connectivity index (χ3n) is 4.87. The molecule has 2 aliphatic rings. The Morgan fingerprint density at radius 1 is 1.29 bits per heavy atom. The van der Waals surface area contributed by atoms with Crippen LogP contribution in [-0.2, 0) is 16.1 Å². The van der Waals surface area contributed by atoms with Crippen LogP contribution in [-0.4, -0.2) is 68.5 Å². The summed E-state index contributed by atoms with van der Waals surface area (Å²) in [5.74, 6) is -2.76. The smallest absolute Gasteiger partial charge is 0.475 e. The van der Waals surface area contributed by atoms with Crippen LogP contribution in [0.25, 0.3) is 0 Å². The number of rotatable bonds is 4. The number of aryl methyl sites for hydroxylation is 1. The number of pyridine rings is 1. The Hall–Kier alpha value is -2.79. The van der Waals surface area contributed by atoms with Gasteiger partial charge in [0.15, 0.2) is 0 Å². The minimum atomic E-state index is -5.08. The van der Waals surface area contributed by atoms with Crippen molar-refractivity contribution in [1.82, 2.24) is 19.9 Å². The van der Waals surface area contributed by atoms with E-state index in [0.717, 1.165) is 50.5 Å². The van der Waals surface area contributed by atoms with Gasteiger partial charge in [0.1, 0.15) is 6.10 Å². The molecular formula is C20H23F3N4O4. The lowest BCUT2D eigenvalue weighted by Crippen LogP contribution is -2.65. The lowest BCUT2D eigenvalue weighted by Gasteiger charge is -2.52. The highest BCUT2D eigenvalue weighted by Crippen LogP contribution is 2.36. The van der Waals surface area contributed by atoms with E-state index in [-0.39, 0.29) is 11.7 Å². The van der Waals surface area contributed by atoms with Crippen molar-refractivity contribution in [2.45, 2.75) is 44.2 Å². The molecule has 2 aromatic heterocycles. The Kier molecular flexibility index (Phi) is 7.06. The molecule has 31 heavy (non-hydrogen) atoms. The van der Waals surface area contributed by atoms with Gasteiger partial charge < -0.3 is 14.6 Å². The quantitative estimate of drug-likeness (QED) is 0.775. The monoisotopic (exact) mass is 440 g/mol.